The van der Waals surface area contributed by atoms with Crippen LogP contribution in [-0.2, 0) is 17.9 Å². The fraction of sp³-hybridized carbons (Fsp3) is 0.174. The number of nitrogens with one attached hydrogen (secondary N) is 1. The number of fused-ring (bicyclic) bond motifs is 1. The molecular weight excluding hydrogens is 452 g/mol. The van der Waals surface area contributed by atoms with E-state index in [4.69, 9.17) is 4.74 Å². The maximum atomic E-state index is 13.4. The number of carbonyl (C=O) groups is 1. The molecule has 2 heterocycles. The zero-order valence-corrected chi connectivity index (χ0v) is 18.3. The largest absolute Gasteiger partial charge is 0.494 e. The zero-order chi connectivity index (χ0) is 23.5. The van der Waals surface area contributed by atoms with Crippen LogP contribution in [0, 0.1) is 11.6 Å². The van der Waals surface area contributed by atoms with Crippen LogP contribution in [0.5, 0.6) is 5.75 Å². The van der Waals surface area contributed by atoms with E-state index in [-0.39, 0.29) is 12.2 Å². The molecule has 1 amide bonds. The predicted octanol–water partition coefficient (Wildman–Crippen LogP) is 3.59. The summed E-state index contributed by atoms with van der Waals surface area (Å²) in [5.74, 6) is -1.68. The number of thiophene rings is 1. The Kier molecular flexibility index (Phi) is 6.36. The summed E-state index contributed by atoms with van der Waals surface area (Å²) in [5.41, 5.74) is -0.170. The summed E-state index contributed by atoms with van der Waals surface area (Å²) < 4.78 is 34.8. The van der Waals surface area contributed by atoms with Crippen LogP contribution in [0.25, 0.3) is 10.2 Å². The molecule has 10 heteroatoms. The number of rotatable bonds is 7. The second kappa shape index (κ2) is 9.37. The van der Waals surface area contributed by atoms with Crippen molar-refractivity contribution in [3.05, 3.63) is 91.9 Å². The lowest BCUT2D eigenvalue weighted by atomic mass is 10.2. The summed E-state index contributed by atoms with van der Waals surface area (Å²) in [6.07, 6.45) is 0. The Labute approximate surface area is 190 Å². The summed E-state index contributed by atoms with van der Waals surface area (Å²) in [6, 6.07) is 11.2. The summed E-state index contributed by atoms with van der Waals surface area (Å²) in [5, 5.41) is 4.04. The Morgan fingerprint density at radius 3 is 2.39 bits per heavy atom. The molecule has 0 aliphatic carbocycles. The first-order chi connectivity index (χ1) is 15.9. The smallest absolute Gasteiger partial charge is 0.332 e. The minimum atomic E-state index is -0.841. The van der Waals surface area contributed by atoms with Crippen molar-refractivity contribution < 1.29 is 18.3 Å². The van der Waals surface area contributed by atoms with Crippen LogP contribution in [0.15, 0.2) is 63.5 Å². The van der Waals surface area contributed by atoms with Gasteiger partial charge in [-0.25, -0.2) is 13.6 Å². The number of carbonyl (C=O) groups excluding carboxylic acids is 1. The summed E-state index contributed by atoms with van der Waals surface area (Å²) >= 11 is 1.16. The van der Waals surface area contributed by atoms with Gasteiger partial charge in [0, 0.05) is 11.8 Å². The van der Waals surface area contributed by atoms with Crippen molar-refractivity contribution in [2.45, 2.75) is 20.0 Å². The lowest BCUT2D eigenvalue weighted by molar-refractivity contribution is -0.116. The molecule has 0 aliphatic rings. The van der Waals surface area contributed by atoms with Crippen LogP contribution in [-0.4, -0.2) is 21.6 Å². The fourth-order valence-corrected chi connectivity index (χ4v) is 4.28. The standard InChI is InChI=1S/C23H19F2N3O4S/c1-2-32-18-5-3-14(4-6-18)12-28-22(30)21-19(7-8-33-21)27(23(28)31)13-20(29)26-17-10-15(24)9-16(25)11-17/h3-11H,2,12-13H2,1H3,(H,26,29). The molecule has 0 bridgehead atoms. The van der Waals surface area contributed by atoms with Gasteiger partial charge < -0.3 is 10.1 Å². The van der Waals surface area contributed by atoms with E-state index in [9.17, 15) is 23.2 Å². The van der Waals surface area contributed by atoms with Gasteiger partial charge in [-0.15, -0.1) is 11.3 Å². The third kappa shape index (κ3) is 4.85. The van der Waals surface area contributed by atoms with Gasteiger partial charge in [0.15, 0.2) is 0 Å². The van der Waals surface area contributed by atoms with Crippen LogP contribution in [0.4, 0.5) is 14.5 Å². The highest BCUT2D eigenvalue weighted by Gasteiger charge is 2.17. The van der Waals surface area contributed by atoms with Gasteiger partial charge in [-0.2, -0.15) is 0 Å². The normalized spacial score (nSPS) is 11.0. The number of nitrogens with zero attached hydrogens (tertiary/aromatic N) is 2. The zero-order valence-electron chi connectivity index (χ0n) is 17.5. The molecule has 4 rings (SSSR count). The second-order valence-electron chi connectivity index (χ2n) is 7.18. The van der Waals surface area contributed by atoms with Crippen LogP contribution in [0.1, 0.15) is 12.5 Å². The van der Waals surface area contributed by atoms with Gasteiger partial charge >= 0.3 is 5.69 Å². The molecule has 1 N–H and O–H groups in total. The first kappa shape index (κ1) is 22.4. The van der Waals surface area contributed by atoms with Crippen molar-refractivity contribution in [1.82, 2.24) is 9.13 Å². The molecule has 0 atom stereocenters. The molecule has 170 valence electrons. The Bertz CT molecular complexity index is 1420. The van der Waals surface area contributed by atoms with Crippen molar-refractivity contribution in [2.24, 2.45) is 0 Å². The molecule has 0 aliphatic heterocycles. The van der Waals surface area contributed by atoms with Gasteiger partial charge in [0.2, 0.25) is 5.91 Å². The van der Waals surface area contributed by atoms with Crippen LogP contribution >= 0.6 is 11.3 Å². The van der Waals surface area contributed by atoms with Crippen molar-refractivity contribution in [2.75, 3.05) is 11.9 Å². The van der Waals surface area contributed by atoms with Crippen molar-refractivity contribution in [1.29, 1.82) is 0 Å². The summed E-state index contributed by atoms with van der Waals surface area (Å²) in [6.45, 7) is 1.96. The van der Waals surface area contributed by atoms with Crippen molar-refractivity contribution in [3.8, 4) is 5.75 Å². The van der Waals surface area contributed by atoms with E-state index in [1.165, 1.54) is 4.57 Å². The Morgan fingerprint density at radius 1 is 1.03 bits per heavy atom. The third-order valence-electron chi connectivity index (χ3n) is 4.86. The molecular formula is C23H19F2N3O4S. The molecule has 2 aromatic heterocycles. The highest BCUT2D eigenvalue weighted by molar-refractivity contribution is 7.17. The topological polar surface area (TPSA) is 82.3 Å². The van der Waals surface area contributed by atoms with Crippen molar-refractivity contribution in [3.63, 3.8) is 0 Å². The van der Waals surface area contributed by atoms with Crippen molar-refractivity contribution >= 4 is 33.1 Å². The number of amides is 1. The van der Waals surface area contributed by atoms with Gasteiger partial charge in [0.1, 0.15) is 28.6 Å². The third-order valence-corrected chi connectivity index (χ3v) is 5.75. The van der Waals surface area contributed by atoms with E-state index >= 15 is 0 Å². The maximum absolute atomic E-state index is 13.4. The van der Waals surface area contributed by atoms with Crippen LogP contribution < -0.4 is 21.3 Å². The number of anilines is 1. The number of benzene rings is 2. The Morgan fingerprint density at radius 2 is 1.73 bits per heavy atom. The molecule has 0 radical (unpaired) electrons. The second-order valence-corrected chi connectivity index (χ2v) is 8.09. The number of ether oxygens (including phenoxy) is 1. The van der Waals surface area contributed by atoms with E-state index in [1.807, 2.05) is 6.92 Å². The Hall–Kier alpha value is -3.79. The van der Waals surface area contributed by atoms with E-state index < -0.39 is 35.3 Å². The number of halogens is 2. The average molecular weight is 471 g/mol. The van der Waals surface area contributed by atoms with E-state index in [1.54, 1.807) is 35.7 Å². The molecule has 7 nitrogen and oxygen atoms in total. The van der Waals surface area contributed by atoms with E-state index in [0.717, 1.165) is 28.0 Å². The predicted molar refractivity (Wildman–Crippen MR) is 122 cm³/mol. The first-order valence-electron chi connectivity index (χ1n) is 10.0. The summed E-state index contributed by atoms with van der Waals surface area (Å²) in [7, 11) is 0. The molecule has 33 heavy (non-hydrogen) atoms. The van der Waals surface area contributed by atoms with E-state index in [0.29, 0.717) is 34.2 Å². The van der Waals surface area contributed by atoms with Gasteiger partial charge in [-0.1, -0.05) is 12.1 Å². The lowest BCUT2D eigenvalue weighted by Crippen LogP contribution is -2.41. The SMILES string of the molecule is CCOc1ccc(Cn2c(=O)c3sccc3n(CC(=O)Nc3cc(F)cc(F)c3)c2=O)cc1. The molecule has 0 unspecified atom stereocenters. The fourth-order valence-electron chi connectivity index (χ4n) is 3.44. The minimum absolute atomic E-state index is 0.00857. The van der Waals surface area contributed by atoms with Gasteiger partial charge in [0.05, 0.1) is 18.7 Å². The first-order valence-corrected chi connectivity index (χ1v) is 10.9. The molecule has 4 aromatic rings. The molecule has 0 fully saturated rings. The van der Waals surface area contributed by atoms with E-state index in [2.05, 4.69) is 5.32 Å². The number of hydrogen-bond acceptors (Lipinski definition) is 5. The molecule has 0 spiro atoms. The van der Waals surface area contributed by atoms with Gasteiger partial charge in [-0.05, 0) is 48.2 Å². The molecule has 0 saturated carbocycles. The molecule has 2 aromatic carbocycles. The quantitative estimate of drug-likeness (QED) is 0.447. The molecule has 0 saturated heterocycles. The average Bonchev–Trinajstić information content (AvgIpc) is 3.25. The maximum Gasteiger partial charge on any atom is 0.332 e. The van der Waals surface area contributed by atoms with Gasteiger partial charge in [0.25, 0.3) is 5.56 Å². The number of hydrogen-bond donors (Lipinski definition) is 1. The monoisotopic (exact) mass is 471 g/mol. The summed E-state index contributed by atoms with van der Waals surface area (Å²) in [4.78, 5) is 38.7. The highest BCUT2D eigenvalue weighted by atomic mass is 32.1. The van der Waals surface area contributed by atoms with Crippen LogP contribution in [0.3, 0.4) is 0 Å². The Balaban J connectivity index is 1.67. The van der Waals surface area contributed by atoms with Gasteiger partial charge in [-0.3, -0.25) is 18.7 Å². The minimum Gasteiger partial charge on any atom is -0.494 e. The lowest BCUT2D eigenvalue weighted by Gasteiger charge is -2.13. The highest BCUT2D eigenvalue weighted by Crippen LogP contribution is 2.17. The van der Waals surface area contributed by atoms with Crippen LogP contribution in [0.2, 0.25) is 0 Å². The number of aromatic nitrogens is 2.